The van der Waals surface area contributed by atoms with Gasteiger partial charge >= 0.3 is 0 Å². The molecule has 5 heteroatoms. The van der Waals surface area contributed by atoms with Crippen LogP contribution in [0.3, 0.4) is 0 Å². The molecule has 0 aliphatic heterocycles. The van der Waals surface area contributed by atoms with Crippen molar-refractivity contribution in [1.29, 1.82) is 0 Å². The number of carbonyl (C=O) groups excluding carboxylic acids is 1. The first-order chi connectivity index (χ1) is 8.62. The number of nitrogens with zero attached hydrogens (tertiary/aromatic N) is 1. The molecule has 0 fully saturated rings. The van der Waals surface area contributed by atoms with Gasteiger partial charge in [0.1, 0.15) is 11.5 Å². The summed E-state index contributed by atoms with van der Waals surface area (Å²) in [6.07, 6.45) is 0.718. The highest BCUT2D eigenvalue weighted by Gasteiger charge is 2.09. The van der Waals surface area contributed by atoms with Gasteiger partial charge in [0, 0.05) is 19.7 Å². The highest BCUT2D eigenvalue weighted by Crippen LogP contribution is 2.24. The molecule has 2 N–H and O–H groups in total. The Labute approximate surface area is 107 Å². The van der Waals surface area contributed by atoms with E-state index in [0.29, 0.717) is 6.54 Å². The van der Waals surface area contributed by atoms with Crippen molar-refractivity contribution in [2.24, 2.45) is 5.73 Å². The van der Waals surface area contributed by atoms with Gasteiger partial charge < -0.3 is 20.1 Å². The molecular formula is C13H20N2O3. The Kier molecular flexibility index (Phi) is 5.45. The van der Waals surface area contributed by atoms with Crippen molar-refractivity contribution in [3.05, 3.63) is 23.8 Å². The summed E-state index contributed by atoms with van der Waals surface area (Å²) in [5, 5.41) is 0. The minimum Gasteiger partial charge on any atom is -0.497 e. The summed E-state index contributed by atoms with van der Waals surface area (Å²) in [7, 11) is 4.97. The molecule has 1 aromatic carbocycles. The van der Waals surface area contributed by atoms with E-state index in [-0.39, 0.29) is 12.5 Å². The summed E-state index contributed by atoms with van der Waals surface area (Å²) in [6, 6.07) is 5.65. The van der Waals surface area contributed by atoms with E-state index in [1.165, 1.54) is 0 Å². The number of methoxy groups -OCH3 is 2. The van der Waals surface area contributed by atoms with Crippen LogP contribution in [-0.4, -0.2) is 45.2 Å². The Morgan fingerprint density at radius 1 is 1.33 bits per heavy atom. The summed E-state index contributed by atoms with van der Waals surface area (Å²) in [5.41, 5.74) is 6.34. The molecule has 0 bridgehead atoms. The summed E-state index contributed by atoms with van der Waals surface area (Å²) >= 11 is 0. The second-order valence-electron chi connectivity index (χ2n) is 3.95. The fourth-order valence-electron chi connectivity index (χ4n) is 1.63. The lowest BCUT2D eigenvalue weighted by Crippen LogP contribution is -2.34. The lowest BCUT2D eigenvalue weighted by Gasteiger charge is -2.17. The molecule has 0 spiro atoms. The molecule has 0 aromatic heterocycles. The standard InChI is InChI=1S/C13H20N2O3/c1-15(13(16)9-14)7-6-10-4-5-11(17-2)8-12(10)18-3/h4-5,8H,6-7,9,14H2,1-3H3. The highest BCUT2D eigenvalue weighted by atomic mass is 16.5. The molecule has 0 radical (unpaired) electrons. The first-order valence-electron chi connectivity index (χ1n) is 5.77. The van der Waals surface area contributed by atoms with Crippen LogP contribution in [0.2, 0.25) is 0 Å². The van der Waals surface area contributed by atoms with Gasteiger partial charge in [-0.3, -0.25) is 4.79 Å². The SMILES string of the molecule is COc1ccc(CCN(C)C(=O)CN)c(OC)c1. The zero-order valence-corrected chi connectivity index (χ0v) is 11.1. The second kappa shape index (κ2) is 6.86. The molecule has 1 aromatic rings. The number of carbonyl (C=O) groups is 1. The van der Waals surface area contributed by atoms with E-state index >= 15 is 0 Å². The van der Waals surface area contributed by atoms with Crippen molar-refractivity contribution in [2.45, 2.75) is 6.42 Å². The first kappa shape index (κ1) is 14.3. The van der Waals surface area contributed by atoms with Crippen LogP contribution < -0.4 is 15.2 Å². The van der Waals surface area contributed by atoms with Gasteiger partial charge in [0.2, 0.25) is 5.91 Å². The smallest absolute Gasteiger partial charge is 0.236 e. The minimum atomic E-state index is -0.0671. The molecule has 0 saturated carbocycles. The molecule has 0 aliphatic carbocycles. The molecule has 0 aliphatic rings. The molecular weight excluding hydrogens is 232 g/mol. The highest BCUT2D eigenvalue weighted by molar-refractivity contribution is 5.77. The normalized spacial score (nSPS) is 10.0. The molecule has 0 atom stereocenters. The van der Waals surface area contributed by atoms with E-state index < -0.39 is 0 Å². The van der Waals surface area contributed by atoms with Gasteiger partial charge in [-0.1, -0.05) is 6.07 Å². The Bertz CT molecular complexity index is 407. The maximum absolute atomic E-state index is 11.3. The van der Waals surface area contributed by atoms with E-state index in [2.05, 4.69) is 0 Å². The van der Waals surface area contributed by atoms with Crippen molar-refractivity contribution >= 4 is 5.91 Å². The van der Waals surface area contributed by atoms with Gasteiger partial charge in [0.15, 0.2) is 0 Å². The molecule has 0 saturated heterocycles. The molecule has 100 valence electrons. The van der Waals surface area contributed by atoms with Crippen molar-refractivity contribution < 1.29 is 14.3 Å². The molecule has 0 unspecified atom stereocenters. The van der Waals surface area contributed by atoms with Gasteiger partial charge in [0.25, 0.3) is 0 Å². The van der Waals surface area contributed by atoms with E-state index in [4.69, 9.17) is 15.2 Å². The first-order valence-corrected chi connectivity index (χ1v) is 5.77. The van der Waals surface area contributed by atoms with Crippen molar-refractivity contribution in [1.82, 2.24) is 4.90 Å². The van der Waals surface area contributed by atoms with Gasteiger partial charge in [0.05, 0.1) is 20.8 Å². The van der Waals surface area contributed by atoms with E-state index in [9.17, 15) is 4.79 Å². The summed E-state index contributed by atoms with van der Waals surface area (Å²) in [5.74, 6) is 1.45. The van der Waals surface area contributed by atoms with Crippen molar-refractivity contribution in [3.63, 3.8) is 0 Å². The van der Waals surface area contributed by atoms with Crippen LogP contribution in [0.25, 0.3) is 0 Å². The van der Waals surface area contributed by atoms with Crippen LogP contribution in [0.5, 0.6) is 11.5 Å². The Morgan fingerprint density at radius 2 is 2.06 bits per heavy atom. The molecule has 5 nitrogen and oxygen atoms in total. The van der Waals surface area contributed by atoms with Crippen LogP contribution >= 0.6 is 0 Å². The van der Waals surface area contributed by atoms with Crippen LogP contribution in [0.4, 0.5) is 0 Å². The number of amides is 1. The zero-order chi connectivity index (χ0) is 13.5. The number of ether oxygens (including phenoxy) is 2. The maximum atomic E-state index is 11.3. The predicted octanol–water partition coefficient (Wildman–Crippen LogP) is 0.663. The minimum absolute atomic E-state index is 0.0379. The molecule has 1 rings (SSSR count). The molecule has 18 heavy (non-hydrogen) atoms. The van der Waals surface area contributed by atoms with E-state index in [1.807, 2.05) is 18.2 Å². The average Bonchev–Trinajstić information content (AvgIpc) is 2.43. The van der Waals surface area contributed by atoms with Crippen molar-refractivity contribution in [2.75, 3.05) is 34.4 Å². The maximum Gasteiger partial charge on any atom is 0.236 e. The largest absolute Gasteiger partial charge is 0.497 e. The quantitative estimate of drug-likeness (QED) is 0.808. The summed E-state index contributed by atoms with van der Waals surface area (Å²) < 4.78 is 10.4. The summed E-state index contributed by atoms with van der Waals surface area (Å²) in [6.45, 7) is 0.648. The van der Waals surface area contributed by atoms with E-state index in [0.717, 1.165) is 23.5 Å². The third kappa shape index (κ3) is 3.63. The van der Waals surface area contributed by atoms with Crippen molar-refractivity contribution in [3.8, 4) is 11.5 Å². The van der Waals surface area contributed by atoms with Gasteiger partial charge in [-0.2, -0.15) is 0 Å². The molecule has 0 heterocycles. The Hall–Kier alpha value is -1.75. The summed E-state index contributed by atoms with van der Waals surface area (Å²) in [4.78, 5) is 13.0. The monoisotopic (exact) mass is 252 g/mol. The predicted molar refractivity (Wildman–Crippen MR) is 69.9 cm³/mol. The number of likely N-dealkylation sites (N-methyl/N-ethyl adjacent to an activating group) is 1. The zero-order valence-electron chi connectivity index (χ0n) is 11.1. The second-order valence-corrected chi connectivity index (χ2v) is 3.95. The van der Waals surface area contributed by atoms with E-state index in [1.54, 1.807) is 26.2 Å². The van der Waals surface area contributed by atoms with Crippen LogP contribution in [0, 0.1) is 0 Å². The van der Waals surface area contributed by atoms with Gasteiger partial charge in [-0.15, -0.1) is 0 Å². The average molecular weight is 252 g/mol. The number of rotatable bonds is 6. The number of hydrogen-bond acceptors (Lipinski definition) is 4. The van der Waals surface area contributed by atoms with Gasteiger partial charge in [-0.25, -0.2) is 0 Å². The fourth-order valence-corrected chi connectivity index (χ4v) is 1.63. The Morgan fingerprint density at radius 3 is 2.61 bits per heavy atom. The van der Waals surface area contributed by atoms with Gasteiger partial charge in [-0.05, 0) is 18.1 Å². The third-order valence-corrected chi connectivity index (χ3v) is 2.81. The van der Waals surface area contributed by atoms with Crippen LogP contribution in [0.1, 0.15) is 5.56 Å². The number of benzene rings is 1. The topological polar surface area (TPSA) is 64.8 Å². The fraction of sp³-hybridized carbons (Fsp3) is 0.462. The third-order valence-electron chi connectivity index (χ3n) is 2.81. The van der Waals surface area contributed by atoms with Crippen LogP contribution in [0.15, 0.2) is 18.2 Å². The number of hydrogen-bond donors (Lipinski definition) is 1. The molecule has 1 amide bonds. The van der Waals surface area contributed by atoms with Crippen LogP contribution in [-0.2, 0) is 11.2 Å². The lowest BCUT2D eigenvalue weighted by molar-refractivity contribution is -0.128. The lowest BCUT2D eigenvalue weighted by atomic mass is 10.1. The Balaban J connectivity index is 2.69. The number of nitrogens with two attached hydrogens (primary N) is 1.